The molecule has 1 aromatic carbocycles. The quantitative estimate of drug-likeness (QED) is 0.892. The predicted molar refractivity (Wildman–Crippen MR) is 73.4 cm³/mol. The van der Waals surface area contributed by atoms with Crippen molar-refractivity contribution < 1.29 is 19.4 Å². The normalized spacial score (nSPS) is 9.90. The molecule has 0 bridgehead atoms. The highest BCUT2D eigenvalue weighted by Gasteiger charge is 2.12. The van der Waals surface area contributed by atoms with Gasteiger partial charge in [0.1, 0.15) is 17.2 Å². The average molecular weight is 274 g/mol. The van der Waals surface area contributed by atoms with E-state index in [-0.39, 0.29) is 11.3 Å². The van der Waals surface area contributed by atoms with Crippen LogP contribution in [0.3, 0.4) is 0 Å². The molecule has 2 aromatic rings. The van der Waals surface area contributed by atoms with E-state index < -0.39 is 5.91 Å². The first-order chi connectivity index (χ1) is 9.63. The maximum absolute atomic E-state index is 12.1. The Kier molecular flexibility index (Phi) is 4.05. The van der Waals surface area contributed by atoms with Gasteiger partial charge in [-0.2, -0.15) is 0 Å². The molecule has 2 N–H and O–H groups in total. The molecule has 6 heteroatoms. The fourth-order valence-electron chi connectivity index (χ4n) is 1.66. The Morgan fingerprint density at radius 2 is 1.85 bits per heavy atom. The van der Waals surface area contributed by atoms with Gasteiger partial charge in [-0.05, 0) is 6.07 Å². The largest absolute Gasteiger partial charge is 0.505 e. The summed E-state index contributed by atoms with van der Waals surface area (Å²) in [6, 6.07) is 6.43. The van der Waals surface area contributed by atoms with Crippen LogP contribution in [0.15, 0.2) is 36.7 Å². The van der Waals surface area contributed by atoms with Crippen LogP contribution in [0.25, 0.3) is 0 Å². The summed E-state index contributed by atoms with van der Waals surface area (Å²) in [4.78, 5) is 15.8. The van der Waals surface area contributed by atoms with E-state index in [9.17, 15) is 9.90 Å². The Morgan fingerprint density at radius 3 is 2.40 bits per heavy atom. The summed E-state index contributed by atoms with van der Waals surface area (Å²) in [5.74, 6) is 0.484. The molecule has 0 unspecified atom stereocenters. The van der Waals surface area contributed by atoms with Gasteiger partial charge < -0.3 is 19.9 Å². The number of benzene rings is 1. The number of ether oxygens (including phenoxy) is 2. The number of rotatable bonds is 4. The maximum atomic E-state index is 12.1. The maximum Gasteiger partial charge on any atom is 0.259 e. The van der Waals surface area contributed by atoms with E-state index in [4.69, 9.17) is 9.47 Å². The predicted octanol–water partition coefficient (Wildman–Crippen LogP) is 2.06. The number of hydrogen-bond donors (Lipinski definition) is 2. The highest BCUT2D eigenvalue weighted by atomic mass is 16.5. The van der Waals surface area contributed by atoms with Gasteiger partial charge >= 0.3 is 0 Å². The van der Waals surface area contributed by atoms with Crippen molar-refractivity contribution in [3.63, 3.8) is 0 Å². The third-order valence-electron chi connectivity index (χ3n) is 2.65. The number of anilines is 1. The number of nitrogens with zero attached hydrogens (tertiary/aromatic N) is 1. The van der Waals surface area contributed by atoms with Crippen LogP contribution in [-0.2, 0) is 0 Å². The van der Waals surface area contributed by atoms with Gasteiger partial charge in [-0.1, -0.05) is 0 Å². The lowest BCUT2D eigenvalue weighted by Crippen LogP contribution is -2.12. The van der Waals surface area contributed by atoms with E-state index in [1.54, 1.807) is 18.2 Å². The summed E-state index contributed by atoms with van der Waals surface area (Å²) in [5.41, 5.74) is 0.643. The van der Waals surface area contributed by atoms with Crippen molar-refractivity contribution in [2.24, 2.45) is 0 Å². The molecule has 6 nitrogen and oxygen atoms in total. The van der Waals surface area contributed by atoms with Crippen LogP contribution < -0.4 is 14.8 Å². The lowest BCUT2D eigenvalue weighted by Gasteiger charge is -2.10. The second kappa shape index (κ2) is 5.92. The summed E-state index contributed by atoms with van der Waals surface area (Å²) in [7, 11) is 3.05. The van der Waals surface area contributed by atoms with E-state index in [1.807, 2.05) is 0 Å². The zero-order valence-corrected chi connectivity index (χ0v) is 11.1. The number of carbonyl (C=O) groups is 1. The third-order valence-corrected chi connectivity index (χ3v) is 2.65. The smallest absolute Gasteiger partial charge is 0.259 e. The molecule has 2 rings (SSSR count). The topological polar surface area (TPSA) is 80.7 Å². The number of pyridine rings is 1. The van der Waals surface area contributed by atoms with E-state index in [1.165, 1.54) is 32.7 Å². The van der Waals surface area contributed by atoms with Gasteiger partial charge in [-0.15, -0.1) is 0 Å². The number of hydrogen-bond acceptors (Lipinski definition) is 5. The minimum Gasteiger partial charge on any atom is -0.505 e. The molecular formula is C14H14N2O4. The lowest BCUT2D eigenvalue weighted by molar-refractivity contribution is 0.102. The van der Waals surface area contributed by atoms with Gasteiger partial charge in [0.25, 0.3) is 5.91 Å². The number of amides is 1. The molecule has 0 fully saturated rings. The second-order valence-electron chi connectivity index (χ2n) is 3.95. The van der Waals surface area contributed by atoms with Crippen LogP contribution >= 0.6 is 0 Å². The third kappa shape index (κ3) is 2.97. The van der Waals surface area contributed by atoms with Crippen molar-refractivity contribution in [3.8, 4) is 17.2 Å². The molecule has 0 atom stereocenters. The number of carbonyl (C=O) groups excluding carboxylic acids is 1. The highest BCUT2D eigenvalue weighted by Crippen LogP contribution is 2.26. The SMILES string of the molecule is COc1cc(NC(=O)c2ccncc2O)cc(OC)c1. The number of aromatic hydroxyl groups is 1. The van der Waals surface area contributed by atoms with Crippen LogP contribution in [0.4, 0.5) is 5.69 Å². The lowest BCUT2D eigenvalue weighted by atomic mass is 10.2. The minimum absolute atomic E-state index is 0.141. The van der Waals surface area contributed by atoms with Crippen LogP contribution in [0.1, 0.15) is 10.4 Å². The Morgan fingerprint density at radius 1 is 1.20 bits per heavy atom. The number of nitrogens with one attached hydrogen (secondary N) is 1. The average Bonchev–Trinajstić information content (AvgIpc) is 2.47. The van der Waals surface area contributed by atoms with Crippen LogP contribution in [-0.4, -0.2) is 30.2 Å². The van der Waals surface area contributed by atoms with Crippen LogP contribution in [0.2, 0.25) is 0 Å². The summed E-state index contributed by atoms with van der Waals surface area (Å²) in [6.45, 7) is 0. The molecule has 0 aliphatic carbocycles. The zero-order chi connectivity index (χ0) is 14.5. The molecule has 104 valence electrons. The molecule has 20 heavy (non-hydrogen) atoms. The Bertz CT molecular complexity index is 606. The monoisotopic (exact) mass is 274 g/mol. The number of methoxy groups -OCH3 is 2. The van der Waals surface area contributed by atoms with Gasteiger partial charge in [-0.3, -0.25) is 9.78 Å². The number of aromatic nitrogens is 1. The summed E-state index contributed by atoms with van der Waals surface area (Å²) in [5, 5.41) is 12.2. The molecule has 0 saturated heterocycles. The second-order valence-corrected chi connectivity index (χ2v) is 3.95. The molecule has 0 aliphatic heterocycles. The molecular weight excluding hydrogens is 260 g/mol. The van der Waals surface area contributed by atoms with Gasteiger partial charge in [0.15, 0.2) is 0 Å². The van der Waals surface area contributed by atoms with E-state index >= 15 is 0 Å². The highest BCUT2D eigenvalue weighted by molar-refractivity contribution is 6.06. The van der Waals surface area contributed by atoms with Crippen molar-refractivity contribution in [3.05, 3.63) is 42.2 Å². The van der Waals surface area contributed by atoms with Gasteiger partial charge in [0, 0.05) is 30.1 Å². The molecule has 1 heterocycles. The van der Waals surface area contributed by atoms with E-state index in [0.29, 0.717) is 17.2 Å². The standard InChI is InChI=1S/C14H14N2O4/c1-19-10-5-9(6-11(7-10)20-2)16-14(18)12-3-4-15-8-13(12)17/h3-8,17H,1-2H3,(H,16,18). The van der Waals surface area contributed by atoms with E-state index in [0.717, 1.165) is 0 Å². The zero-order valence-electron chi connectivity index (χ0n) is 11.1. The molecule has 0 radical (unpaired) electrons. The van der Waals surface area contributed by atoms with Crippen molar-refractivity contribution in [1.82, 2.24) is 4.98 Å². The summed E-state index contributed by atoms with van der Waals surface area (Å²) in [6.07, 6.45) is 2.64. The fourth-order valence-corrected chi connectivity index (χ4v) is 1.66. The Labute approximate surface area is 116 Å². The molecule has 0 aliphatic rings. The molecule has 0 saturated carbocycles. The van der Waals surface area contributed by atoms with Crippen LogP contribution in [0, 0.1) is 0 Å². The molecule has 1 amide bonds. The Balaban J connectivity index is 2.26. The Hall–Kier alpha value is -2.76. The van der Waals surface area contributed by atoms with Crippen molar-refractivity contribution in [1.29, 1.82) is 0 Å². The fraction of sp³-hybridized carbons (Fsp3) is 0.143. The first-order valence-electron chi connectivity index (χ1n) is 5.81. The van der Waals surface area contributed by atoms with Gasteiger partial charge in [0.05, 0.1) is 26.0 Å². The first-order valence-corrected chi connectivity index (χ1v) is 5.81. The summed E-state index contributed by atoms with van der Waals surface area (Å²) < 4.78 is 10.2. The summed E-state index contributed by atoms with van der Waals surface area (Å²) >= 11 is 0. The molecule has 1 aromatic heterocycles. The van der Waals surface area contributed by atoms with E-state index in [2.05, 4.69) is 10.3 Å². The van der Waals surface area contributed by atoms with Crippen molar-refractivity contribution >= 4 is 11.6 Å². The van der Waals surface area contributed by atoms with Gasteiger partial charge in [0.2, 0.25) is 0 Å². The van der Waals surface area contributed by atoms with Crippen molar-refractivity contribution in [2.75, 3.05) is 19.5 Å². The first kappa shape index (κ1) is 13.7. The van der Waals surface area contributed by atoms with Crippen LogP contribution in [0.5, 0.6) is 17.2 Å². The van der Waals surface area contributed by atoms with Crippen molar-refractivity contribution in [2.45, 2.75) is 0 Å². The van der Waals surface area contributed by atoms with Gasteiger partial charge in [-0.25, -0.2) is 0 Å². The molecule has 0 spiro atoms. The minimum atomic E-state index is -0.444.